The van der Waals surface area contributed by atoms with E-state index >= 15 is 0 Å². The van der Waals surface area contributed by atoms with Crippen LogP contribution in [0.15, 0.2) is 29.2 Å². The predicted molar refractivity (Wildman–Crippen MR) is 89.6 cm³/mol. The Kier molecular flexibility index (Phi) is 5.33. The van der Waals surface area contributed by atoms with Crippen LogP contribution in [0.4, 0.5) is 0 Å². The Bertz CT molecular complexity index is 484. The molecule has 1 heterocycles. The van der Waals surface area contributed by atoms with Crippen LogP contribution in [0.2, 0.25) is 0 Å². The lowest BCUT2D eigenvalue weighted by molar-refractivity contribution is -0.127. The molecule has 1 aromatic rings. The van der Waals surface area contributed by atoms with E-state index in [4.69, 9.17) is 0 Å². The van der Waals surface area contributed by atoms with Crippen molar-refractivity contribution in [3.8, 4) is 0 Å². The van der Waals surface area contributed by atoms with Gasteiger partial charge in [0.25, 0.3) is 0 Å². The minimum absolute atomic E-state index is 0.0186. The highest BCUT2D eigenvalue weighted by molar-refractivity contribution is 7.98. The van der Waals surface area contributed by atoms with Gasteiger partial charge in [-0.2, -0.15) is 0 Å². The number of hydrogen-bond acceptors (Lipinski definition) is 3. The fourth-order valence-electron chi connectivity index (χ4n) is 2.93. The molecule has 0 bridgehead atoms. The normalized spacial score (nSPS) is 22.6. The van der Waals surface area contributed by atoms with E-state index in [1.54, 1.807) is 11.8 Å². The largest absolute Gasteiger partial charge is 0.348 e. The lowest BCUT2D eigenvalue weighted by atomic mass is 9.77. The summed E-state index contributed by atoms with van der Waals surface area (Å²) in [5.74, 6) is 0.112. The average Bonchev–Trinajstić information content (AvgIpc) is 2.46. The summed E-state index contributed by atoms with van der Waals surface area (Å²) in [6.45, 7) is 7.31. The van der Waals surface area contributed by atoms with Crippen molar-refractivity contribution < 1.29 is 4.79 Å². The molecule has 1 fully saturated rings. The molecule has 0 saturated carbocycles. The summed E-state index contributed by atoms with van der Waals surface area (Å²) in [6.07, 6.45) is 4.30. The number of hydrogen-bond donors (Lipinski definition) is 2. The Morgan fingerprint density at radius 1 is 1.38 bits per heavy atom. The van der Waals surface area contributed by atoms with Crippen LogP contribution in [0.25, 0.3) is 0 Å². The van der Waals surface area contributed by atoms with Crippen LogP contribution in [0.1, 0.15) is 45.2 Å². The van der Waals surface area contributed by atoms with Gasteiger partial charge in [-0.3, -0.25) is 4.79 Å². The third-order valence-corrected chi connectivity index (χ3v) is 5.11. The van der Waals surface area contributed by atoms with Gasteiger partial charge in [0.05, 0.1) is 12.1 Å². The van der Waals surface area contributed by atoms with E-state index in [0.717, 1.165) is 24.9 Å². The average molecular weight is 306 g/mol. The van der Waals surface area contributed by atoms with Gasteiger partial charge in [0.15, 0.2) is 0 Å². The summed E-state index contributed by atoms with van der Waals surface area (Å²) in [5.41, 5.74) is 1.17. The summed E-state index contributed by atoms with van der Waals surface area (Å²) in [4.78, 5) is 13.8. The number of amides is 1. The van der Waals surface area contributed by atoms with E-state index in [1.165, 1.54) is 4.90 Å². The van der Waals surface area contributed by atoms with Crippen LogP contribution < -0.4 is 10.6 Å². The monoisotopic (exact) mass is 306 g/mol. The van der Waals surface area contributed by atoms with Gasteiger partial charge < -0.3 is 10.6 Å². The van der Waals surface area contributed by atoms with Crippen molar-refractivity contribution in [2.24, 2.45) is 5.41 Å². The van der Waals surface area contributed by atoms with Crippen molar-refractivity contribution in [1.29, 1.82) is 0 Å². The Labute approximate surface area is 132 Å². The van der Waals surface area contributed by atoms with E-state index < -0.39 is 0 Å². The Hall–Kier alpha value is -1.00. The number of piperidine rings is 1. The van der Waals surface area contributed by atoms with Gasteiger partial charge in [-0.15, -0.1) is 11.8 Å². The first kappa shape index (κ1) is 16.4. The van der Waals surface area contributed by atoms with Gasteiger partial charge in [0.2, 0.25) is 5.91 Å². The maximum atomic E-state index is 12.5. The minimum atomic E-state index is -0.0980. The van der Waals surface area contributed by atoms with Crippen LogP contribution in [0.5, 0.6) is 0 Å². The summed E-state index contributed by atoms with van der Waals surface area (Å²) in [7, 11) is 0. The molecule has 2 unspecified atom stereocenters. The standard InChI is InChI=1S/C17H26N2OS/c1-12(13-6-8-14(21-4)9-7-13)19-16(20)15-17(2,3)10-5-11-18-15/h6-9,12,15,18H,5,10-11H2,1-4H3,(H,19,20). The molecule has 1 saturated heterocycles. The molecule has 2 atom stereocenters. The third kappa shape index (κ3) is 4.01. The second-order valence-electron chi connectivity index (χ2n) is 6.48. The van der Waals surface area contributed by atoms with Crippen molar-refractivity contribution in [3.63, 3.8) is 0 Å². The smallest absolute Gasteiger partial charge is 0.238 e. The first-order valence-corrected chi connectivity index (χ1v) is 8.84. The van der Waals surface area contributed by atoms with Crippen LogP contribution in [0, 0.1) is 5.41 Å². The van der Waals surface area contributed by atoms with Crippen molar-refractivity contribution in [1.82, 2.24) is 10.6 Å². The lowest BCUT2D eigenvalue weighted by Crippen LogP contribution is -2.55. The topological polar surface area (TPSA) is 41.1 Å². The molecule has 0 spiro atoms. The zero-order chi connectivity index (χ0) is 15.5. The van der Waals surface area contributed by atoms with E-state index in [0.29, 0.717) is 0 Å². The third-order valence-electron chi connectivity index (χ3n) is 4.36. The first-order chi connectivity index (χ1) is 9.94. The van der Waals surface area contributed by atoms with Gasteiger partial charge in [-0.25, -0.2) is 0 Å². The molecule has 1 aliphatic rings. The first-order valence-electron chi connectivity index (χ1n) is 7.62. The zero-order valence-electron chi connectivity index (χ0n) is 13.4. The molecule has 116 valence electrons. The lowest BCUT2D eigenvalue weighted by Gasteiger charge is -2.38. The summed E-state index contributed by atoms with van der Waals surface area (Å²) in [6, 6.07) is 8.33. The summed E-state index contributed by atoms with van der Waals surface area (Å²) in [5, 5.41) is 6.52. The van der Waals surface area contributed by atoms with Gasteiger partial charge in [0, 0.05) is 4.90 Å². The summed E-state index contributed by atoms with van der Waals surface area (Å²) >= 11 is 1.73. The maximum Gasteiger partial charge on any atom is 0.238 e. The molecule has 4 heteroatoms. The Balaban J connectivity index is 2.00. The highest BCUT2D eigenvalue weighted by Gasteiger charge is 2.37. The number of carbonyl (C=O) groups excluding carboxylic acids is 1. The van der Waals surface area contributed by atoms with Crippen molar-refractivity contribution >= 4 is 17.7 Å². The predicted octanol–water partition coefficient (Wildman–Crippen LogP) is 3.36. The SMILES string of the molecule is CSc1ccc(C(C)NC(=O)C2NCCCC2(C)C)cc1. The van der Waals surface area contributed by atoms with Crippen LogP contribution in [0.3, 0.4) is 0 Å². The number of benzene rings is 1. The Morgan fingerprint density at radius 2 is 2.05 bits per heavy atom. The molecule has 0 radical (unpaired) electrons. The van der Waals surface area contributed by atoms with Gasteiger partial charge in [-0.1, -0.05) is 26.0 Å². The number of rotatable bonds is 4. The summed E-state index contributed by atoms with van der Waals surface area (Å²) < 4.78 is 0. The fourth-order valence-corrected chi connectivity index (χ4v) is 3.34. The zero-order valence-corrected chi connectivity index (χ0v) is 14.2. The molecule has 1 aromatic carbocycles. The molecular weight excluding hydrogens is 280 g/mol. The maximum absolute atomic E-state index is 12.5. The molecular formula is C17H26N2OS. The van der Waals surface area contributed by atoms with E-state index in [9.17, 15) is 4.79 Å². The fraction of sp³-hybridized carbons (Fsp3) is 0.588. The molecule has 0 aliphatic carbocycles. The van der Waals surface area contributed by atoms with E-state index in [-0.39, 0.29) is 23.4 Å². The van der Waals surface area contributed by atoms with Gasteiger partial charge >= 0.3 is 0 Å². The molecule has 3 nitrogen and oxygen atoms in total. The number of nitrogens with one attached hydrogen (secondary N) is 2. The van der Waals surface area contributed by atoms with Crippen LogP contribution in [-0.2, 0) is 4.79 Å². The van der Waals surface area contributed by atoms with Gasteiger partial charge in [0.1, 0.15) is 0 Å². The number of thioether (sulfide) groups is 1. The van der Waals surface area contributed by atoms with Crippen LogP contribution in [-0.4, -0.2) is 24.7 Å². The van der Waals surface area contributed by atoms with Crippen LogP contribution >= 0.6 is 11.8 Å². The molecule has 1 amide bonds. The van der Waals surface area contributed by atoms with E-state index in [2.05, 4.69) is 55.0 Å². The highest BCUT2D eigenvalue weighted by atomic mass is 32.2. The quantitative estimate of drug-likeness (QED) is 0.838. The number of carbonyl (C=O) groups is 1. The van der Waals surface area contributed by atoms with Gasteiger partial charge in [-0.05, 0) is 55.7 Å². The minimum Gasteiger partial charge on any atom is -0.348 e. The molecule has 0 aromatic heterocycles. The Morgan fingerprint density at radius 3 is 2.62 bits per heavy atom. The molecule has 2 rings (SSSR count). The second-order valence-corrected chi connectivity index (χ2v) is 7.36. The molecule has 21 heavy (non-hydrogen) atoms. The van der Waals surface area contributed by atoms with E-state index in [1.807, 2.05) is 6.92 Å². The second kappa shape index (κ2) is 6.84. The molecule has 2 N–H and O–H groups in total. The van der Waals surface area contributed by atoms with Crippen molar-refractivity contribution in [3.05, 3.63) is 29.8 Å². The highest BCUT2D eigenvalue weighted by Crippen LogP contribution is 2.30. The van der Waals surface area contributed by atoms with Crippen molar-refractivity contribution in [2.45, 2.75) is 50.6 Å². The molecule has 1 aliphatic heterocycles. The van der Waals surface area contributed by atoms with Crippen molar-refractivity contribution in [2.75, 3.05) is 12.8 Å².